The van der Waals surface area contributed by atoms with Crippen molar-refractivity contribution < 1.29 is 27.4 Å². The highest BCUT2D eigenvalue weighted by atomic mass is 19.3. The summed E-state index contributed by atoms with van der Waals surface area (Å²) in [7, 11) is 1.53. The molecule has 0 saturated heterocycles. The molecule has 0 saturated carbocycles. The number of fused-ring (bicyclic) bond motifs is 1. The van der Waals surface area contributed by atoms with Crippen LogP contribution in [0.2, 0.25) is 0 Å². The SMILES string of the molecule is COc1cnc2c(Oc3ccc(CC(=O)c4cn(C(F)F)c(C)c(-c5ccc(F)cc5)c4=O)cc3)ccnc2c1. The second kappa shape index (κ2) is 11.0. The molecule has 0 unspecified atom stereocenters. The van der Waals surface area contributed by atoms with Gasteiger partial charge in [-0.3, -0.25) is 19.1 Å². The number of benzene rings is 2. The molecule has 5 aromatic rings. The fourth-order valence-electron chi connectivity index (χ4n) is 4.34. The molecule has 0 aliphatic rings. The van der Waals surface area contributed by atoms with E-state index in [9.17, 15) is 22.8 Å². The number of ether oxygens (including phenoxy) is 2. The van der Waals surface area contributed by atoms with Crippen molar-refractivity contribution in [3.05, 3.63) is 112 Å². The van der Waals surface area contributed by atoms with Crippen LogP contribution in [0.3, 0.4) is 0 Å². The second-order valence-electron chi connectivity index (χ2n) is 8.92. The number of alkyl halides is 2. The van der Waals surface area contributed by atoms with Crippen LogP contribution in [-0.2, 0) is 6.42 Å². The summed E-state index contributed by atoms with van der Waals surface area (Å²) in [4.78, 5) is 35.1. The third-order valence-corrected chi connectivity index (χ3v) is 6.40. The lowest BCUT2D eigenvalue weighted by molar-refractivity contribution is 0.0672. The predicted octanol–water partition coefficient (Wildman–Crippen LogP) is 6.53. The number of halogens is 3. The van der Waals surface area contributed by atoms with Gasteiger partial charge in [0.2, 0.25) is 0 Å². The maximum atomic E-state index is 13.8. The summed E-state index contributed by atoms with van der Waals surface area (Å²) in [5.74, 6) is 0.329. The first-order valence-electron chi connectivity index (χ1n) is 12.1. The molecule has 0 fully saturated rings. The number of rotatable bonds is 8. The van der Waals surface area contributed by atoms with Crippen molar-refractivity contribution in [1.82, 2.24) is 14.5 Å². The number of hydrogen-bond donors (Lipinski definition) is 0. The molecule has 3 heterocycles. The maximum Gasteiger partial charge on any atom is 0.318 e. The predicted molar refractivity (Wildman–Crippen MR) is 143 cm³/mol. The smallest absolute Gasteiger partial charge is 0.318 e. The van der Waals surface area contributed by atoms with E-state index in [-0.39, 0.29) is 28.8 Å². The van der Waals surface area contributed by atoms with Gasteiger partial charge in [-0.1, -0.05) is 24.3 Å². The number of aromatic nitrogens is 3. The van der Waals surface area contributed by atoms with E-state index in [1.165, 1.54) is 26.2 Å². The van der Waals surface area contributed by atoms with Gasteiger partial charge in [0.1, 0.15) is 22.8 Å². The molecule has 7 nitrogen and oxygen atoms in total. The third-order valence-electron chi connectivity index (χ3n) is 6.40. The van der Waals surface area contributed by atoms with Gasteiger partial charge >= 0.3 is 6.55 Å². The van der Waals surface area contributed by atoms with Gasteiger partial charge < -0.3 is 9.47 Å². The maximum absolute atomic E-state index is 13.8. The molecule has 0 aliphatic carbocycles. The Morgan fingerprint density at radius 1 is 1.00 bits per heavy atom. The van der Waals surface area contributed by atoms with Gasteiger partial charge in [0.05, 0.1) is 24.4 Å². The van der Waals surface area contributed by atoms with Crippen molar-refractivity contribution in [3.8, 4) is 28.4 Å². The number of carbonyl (C=O) groups excluding carboxylic acids is 1. The van der Waals surface area contributed by atoms with Crippen molar-refractivity contribution >= 4 is 16.8 Å². The largest absolute Gasteiger partial charge is 0.495 e. The number of hydrogen-bond acceptors (Lipinski definition) is 6. The van der Waals surface area contributed by atoms with Crippen LogP contribution in [0.4, 0.5) is 13.2 Å². The fourth-order valence-corrected chi connectivity index (χ4v) is 4.34. The Bertz CT molecular complexity index is 1770. The molecule has 0 amide bonds. The summed E-state index contributed by atoms with van der Waals surface area (Å²) in [5, 5.41) is 0. The van der Waals surface area contributed by atoms with Crippen LogP contribution < -0.4 is 14.9 Å². The van der Waals surface area contributed by atoms with Crippen LogP contribution >= 0.6 is 0 Å². The summed E-state index contributed by atoms with van der Waals surface area (Å²) >= 11 is 0. The molecule has 0 spiro atoms. The first-order valence-corrected chi connectivity index (χ1v) is 12.1. The molecule has 202 valence electrons. The minimum atomic E-state index is -2.98. The first kappa shape index (κ1) is 26.6. The standard InChI is InChI=1S/C30H22F3N3O4/c1-17-27(19-5-7-20(31)8-6-19)29(38)23(16-36(17)30(32)33)25(37)13-18-3-9-21(10-4-18)40-26-11-12-34-24-14-22(39-2)15-35-28(24)26/h3-12,14-16,30H,13H2,1-2H3. The van der Waals surface area contributed by atoms with E-state index >= 15 is 0 Å². The number of Topliss-reactive ketones (excluding diaryl/α,β-unsaturated/α-hetero) is 1. The molecule has 0 radical (unpaired) electrons. The van der Waals surface area contributed by atoms with Gasteiger partial charge in [-0.15, -0.1) is 0 Å². The lowest BCUT2D eigenvalue weighted by atomic mass is 9.97. The zero-order valence-corrected chi connectivity index (χ0v) is 21.4. The van der Waals surface area contributed by atoms with Crippen molar-refractivity contribution in [2.24, 2.45) is 0 Å². The molecule has 3 aromatic heterocycles. The Balaban J connectivity index is 1.40. The van der Waals surface area contributed by atoms with E-state index in [0.717, 1.165) is 18.3 Å². The van der Waals surface area contributed by atoms with Crippen LogP contribution in [-0.4, -0.2) is 27.4 Å². The van der Waals surface area contributed by atoms with Gasteiger partial charge in [-0.2, -0.15) is 8.78 Å². The van der Waals surface area contributed by atoms with Crippen molar-refractivity contribution in [1.29, 1.82) is 0 Å². The van der Waals surface area contributed by atoms with Crippen LogP contribution in [0.1, 0.15) is 28.2 Å². The molecule has 10 heteroatoms. The van der Waals surface area contributed by atoms with Crippen LogP contribution in [0.25, 0.3) is 22.2 Å². The average Bonchev–Trinajstić information content (AvgIpc) is 2.94. The Hall–Kier alpha value is -4.99. The molecule has 40 heavy (non-hydrogen) atoms. The Morgan fingerprint density at radius 2 is 1.73 bits per heavy atom. The third kappa shape index (κ3) is 5.28. The Labute approximate surface area is 226 Å². The molecule has 5 rings (SSSR count). The topological polar surface area (TPSA) is 83.3 Å². The Morgan fingerprint density at radius 3 is 2.40 bits per heavy atom. The quantitative estimate of drug-likeness (QED) is 0.206. The van der Waals surface area contributed by atoms with Crippen molar-refractivity contribution in [3.63, 3.8) is 0 Å². The molecule has 0 aliphatic heterocycles. The van der Waals surface area contributed by atoms with E-state index < -0.39 is 23.6 Å². The monoisotopic (exact) mass is 545 g/mol. The first-order chi connectivity index (χ1) is 19.2. The molecular weight excluding hydrogens is 523 g/mol. The van der Waals surface area contributed by atoms with E-state index in [0.29, 0.717) is 38.4 Å². The lowest BCUT2D eigenvalue weighted by Gasteiger charge is -2.16. The minimum Gasteiger partial charge on any atom is -0.495 e. The Kier molecular flexibility index (Phi) is 7.33. The number of nitrogens with zero attached hydrogens (tertiary/aromatic N) is 3. The number of carbonyl (C=O) groups is 1. The molecule has 0 N–H and O–H groups in total. The summed E-state index contributed by atoms with van der Waals surface area (Å²) in [6.07, 6.45) is 3.82. The zero-order valence-electron chi connectivity index (χ0n) is 21.4. The molecule has 0 atom stereocenters. The van der Waals surface area contributed by atoms with Gasteiger partial charge in [-0.05, 0) is 42.3 Å². The van der Waals surface area contributed by atoms with Crippen molar-refractivity contribution in [2.75, 3.05) is 7.11 Å². The lowest BCUT2D eigenvalue weighted by Crippen LogP contribution is -2.24. The summed E-state index contributed by atoms with van der Waals surface area (Å²) < 4.78 is 52.8. The van der Waals surface area contributed by atoms with E-state index in [2.05, 4.69) is 9.97 Å². The average molecular weight is 546 g/mol. The highest BCUT2D eigenvalue weighted by molar-refractivity contribution is 5.98. The highest BCUT2D eigenvalue weighted by Crippen LogP contribution is 2.29. The second-order valence-corrected chi connectivity index (χ2v) is 8.92. The van der Waals surface area contributed by atoms with Gasteiger partial charge in [0, 0.05) is 42.2 Å². The van der Waals surface area contributed by atoms with Gasteiger partial charge in [-0.25, -0.2) is 9.37 Å². The van der Waals surface area contributed by atoms with Crippen molar-refractivity contribution in [2.45, 2.75) is 19.9 Å². The van der Waals surface area contributed by atoms with Gasteiger partial charge in [0.25, 0.3) is 0 Å². The molecule has 2 aromatic carbocycles. The zero-order chi connectivity index (χ0) is 28.4. The number of pyridine rings is 3. The summed E-state index contributed by atoms with van der Waals surface area (Å²) in [6.45, 7) is -1.63. The normalized spacial score (nSPS) is 11.2. The number of ketones is 1. The van der Waals surface area contributed by atoms with Crippen LogP contribution in [0, 0.1) is 12.7 Å². The van der Waals surface area contributed by atoms with E-state index in [1.54, 1.807) is 48.8 Å². The van der Waals surface area contributed by atoms with E-state index in [4.69, 9.17) is 9.47 Å². The minimum absolute atomic E-state index is 0.0266. The van der Waals surface area contributed by atoms with Crippen LogP contribution in [0.15, 0.2) is 84.0 Å². The summed E-state index contributed by atoms with van der Waals surface area (Å²) in [5.41, 5.74) is 0.737. The van der Waals surface area contributed by atoms with Crippen LogP contribution in [0.5, 0.6) is 17.2 Å². The summed E-state index contributed by atoms with van der Waals surface area (Å²) in [6, 6.07) is 14.9. The van der Waals surface area contributed by atoms with Gasteiger partial charge in [0.15, 0.2) is 17.0 Å². The van der Waals surface area contributed by atoms with E-state index in [1.807, 2.05) is 0 Å². The number of methoxy groups -OCH3 is 1. The fraction of sp³-hybridized carbons (Fsp3) is 0.133. The molecular formula is C30H22F3N3O4. The molecule has 0 bridgehead atoms. The highest BCUT2D eigenvalue weighted by Gasteiger charge is 2.22.